The van der Waals surface area contributed by atoms with Crippen molar-refractivity contribution in [1.82, 2.24) is 9.71 Å². The first kappa shape index (κ1) is 11.6. The van der Waals surface area contributed by atoms with E-state index in [9.17, 15) is 8.42 Å². The number of hydrogen-bond donors (Lipinski definition) is 1. The molecule has 0 bridgehead atoms. The highest BCUT2D eigenvalue weighted by molar-refractivity contribution is 7.89. The molecule has 80 valence electrons. The molecule has 0 radical (unpaired) electrons. The predicted octanol–water partition coefficient (Wildman–Crippen LogP) is 0.333. The average molecular weight is 225 g/mol. The number of aromatic nitrogens is 1. The Bertz CT molecular complexity index is 476. The second-order valence-electron chi connectivity index (χ2n) is 3.04. The van der Waals surface area contributed by atoms with Gasteiger partial charge in [0.2, 0.25) is 10.0 Å². The first-order valence-corrected chi connectivity index (χ1v) is 5.94. The van der Waals surface area contributed by atoms with Crippen LogP contribution in [0.5, 0.6) is 0 Å². The Kier molecular flexibility index (Phi) is 3.77. The Morgan fingerprint density at radius 3 is 2.93 bits per heavy atom. The number of nitrogens with zero attached hydrogens (tertiary/aromatic N) is 2. The summed E-state index contributed by atoms with van der Waals surface area (Å²) in [7, 11) is -3.49. The molecule has 5 nitrogen and oxygen atoms in total. The minimum Gasteiger partial charge on any atom is -0.264 e. The highest BCUT2D eigenvalue weighted by Crippen LogP contribution is 2.04. The molecule has 0 fully saturated rings. The zero-order chi connectivity index (χ0) is 11.3. The van der Waals surface area contributed by atoms with Crippen LogP contribution in [0.1, 0.15) is 11.1 Å². The van der Waals surface area contributed by atoms with Crippen molar-refractivity contribution in [2.75, 3.05) is 5.75 Å². The Morgan fingerprint density at radius 1 is 1.60 bits per heavy atom. The lowest BCUT2D eigenvalue weighted by Gasteiger charge is -2.05. The van der Waals surface area contributed by atoms with Gasteiger partial charge in [-0.3, -0.25) is 4.98 Å². The van der Waals surface area contributed by atoms with Gasteiger partial charge in [-0.2, -0.15) is 5.26 Å². The summed E-state index contributed by atoms with van der Waals surface area (Å²) in [5.41, 5.74) is 1.77. The predicted molar refractivity (Wildman–Crippen MR) is 55.2 cm³/mol. The van der Waals surface area contributed by atoms with E-state index in [1.165, 1.54) is 0 Å². The minimum absolute atomic E-state index is 0.170. The van der Waals surface area contributed by atoms with Crippen LogP contribution in [0.3, 0.4) is 0 Å². The zero-order valence-corrected chi connectivity index (χ0v) is 9.08. The molecule has 1 heterocycles. The van der Waals surface area contributed by atoms with Gasteiger partial charge in [0.15, 0.2) is 5.75 Å². The molecular formula is C9H11N3O2S. The van der Waals surface area contributed by atoms with Crippen LogP contribution in [0.15, 0.2) is 18.5 Å². The Labute approximate surface area is 88.8 Å². The summed E-state index contributed by atoms with van der Waals surface area (Å²) >= 11 is 0. The second kappa shape index (κ2) is 4.87. The highest BCUT2D eigenvalue weighted by Gasteiger charge is 2.09. The molecule has 1 N–H and O–H groups in total. The summed E-state index contributed by atoms with van der Waals surface area (Å²) in [5, 5.41) is 8.27. The maximum Gasteiger partial charge on any atom is 0.225 e. The van der Waals surface area contributed by atoms with Gasteiger partial charge in [-0.25, -0.2) is 13.1 Å². The molecule has 1 aromatic rings. The Morgan fingerprint density at radius 2 is 2.33 bits per heavy atom. The second-order valence-corrected chi connectivity index (χ2v) is 4.85. The maximum absolute atomic E-state index is 11.2. The fourth-order valence-electron chi connectivity index (χ4n) is 1.01. The van der Waals surface area contributed by atoms with Crippen molar-refractivity contribution in [2.24, 2.45) is 0 Å². The summed E-state index contributed by atoms with van der Waals surface area (Å²) in [6, 6.07) is 3.39. The lowest BCUT2D eigenvalue weighted by atomic mass is 10.2. The maximum atomic E-state index is 11.2. The van der Waals surface area contributed by atoms with Crippen molar-refractivity contribution in [2.45, 2.75) is 13.5 Å². The number of nitriles is 1. The summed E-state index contributed by atoms with van der Waals surface area (Å²) in [5.74, 6) is -0.522. The van der Waals surface area contributed by atoms with Crippen LogP contribution < -0.4 is 4.72 Å². The van der Waals surface area contributed by atoms with E-state index in [1.54, 1.807) is 24.5 Å². The van der Waals surface area contributed by atoms with E-state index in [2.05, 4.69) is 9.71 Å². The number of nitrogens with one attached hydrogen (secondary N) is 1. The molecule has 0 saturated heterocycles. The van der Waals surface area contributed by atoms with E-state index < -0.39 is 15.8 Å². The molecule has 15 heavy (non-hydrogen) atoms. The fourth-order valence-corrected chi connectivity index (χ4v) is 1.65. The molecule has 6 heteroatoms. The molecule has 0 spiro atoms. The van der Waals surface area contributed by atoms with E-state index in [4.69, 9.17) is 5.26 Å². The average Bonchev–Trinajstić information content (AvgIpc) is 2.16. The third-order valence-corrected chi connectivity index (χ3v) is 2.98. The van der Waals surface area contributed by atoms with Gasteiger partial charge in [0.05, 0.1) is 6.07 Å². The van der Waals surface area contributed by atoms with Crippen LogP contribution in [-0.2, 0) is 16.6 Å². The van der Waals surface area contributed by atoms with Gasteiger partial charge in [-0.15, -0.1) is 0 Å². The number of rotatable bonds is 4. The Hall–Kier alpha value is -1.45. The smallest absolute Gasteiger partial charge is 0.225 e. The van der Waals surface area contributed by atoms with E-state index >= 15 is 0 Å². The molecule has 0 aliphatic rings. The third kappa shape index (κ3) is 3.65. The van der Waals surface area contributed by atoms with Gasteiger partial charge >= 0.3 is 0 Å². The first-order valence-electron chi connectivity index (χ1n) is 4.29. The molecule has 0 atom stereocenters. The molecule has 0 aromatic carbocycles. The normalized spacial score (nSPS) is 10.9. The van der Waals surface area contributed by atoms with Crippen LogP contribution in [0.25, 0.3) is 0 Å². The number of sulfonamides is 1. The summed E-state index contributed by atoms with van der Waals surface area (Å²) in [6.45, 7) is 2.04. The SMILES string of the molecule is Cc1ccncc1CNS(=O)(=O)CC#N. The van der Waals surface area contributed by atoms with Crippen LogP contribution in [0, 0.1) is 18.3 Å². The highest BCUT2D eigenvalue weighted by atomic mass is 32.2. The molecule has 0 saturated carbocycles. The number of aryl methyl sites for hydroxylation is 1. The van der Waals surface area contributed by atoms with Gasteiger partial charge in [0, 0.05) is 18.9 Å². The van der Waals surface area contributed by atoms with Crippen LogP contribution in [0.2, 0.25) is 0 Å². The van der Waals surface area contributed by atoms with Crippen molar-refractivity contribution in [3.05, 3.63) is 29.6 Å². The monoisotopic (exact) mass is 225 g/mol. The van der Waals surface area contributed by atoms with E-state index in [0.717, 1.165) is 11.1 Å². The third-order valence-electron chi connectivity index (χ3n) is 1.88. The lowest BCUT2D eigenvalue weighted by molar-refractivity contribution is 0.584. The summed E-state index contributed by atoms with van der Waals surface area (Å²) < 4.78 is 24.6. The topological polar surface area (TPSA) is 82.8 Å². The van der Waals surface area contributed by atoms with Crippen molar-refractivity contribution in [3.8, 4) is 6.07 Å². The van der Waals surface area contributed by atoms with Gasteiger partial charge in [0.25, 0.3) is 0 Å². The van der Waals surface area contributed by atoms with Crippen LogP contribution in [-0.4, -0.2) is 19.2 Å². The molecule has 1 rings (SSSR count). The quantitative estimate of drug-likeness (QED) is 0.800. The zero-order valence-electron chi connectivity index (χ0n) is 8.27. The minimum atomic E-state index is -3.49. The van der Waals surface area contributed by atoms with Gasteiger partial charge in [0.1, 0.15) is 0 Å². The van der Waals surface area contributed by atoms with Gasteiger partial charge in [-0.05, 0) is 24.1 Å². The summed E-state index contributed by atoms with van der Waals surface area (Å²) in [6.07, 6.45) is 3.24. The molecule has 1 aromatic heterocycles. The lowest BCUT2D eigenvalue weighted by Crippen LogP contribution is -2.25. The molecule has 0 aliphatic heterocycles. The summed E-state index contributed by atoms with van der Waals surface area (Å²) in [4.78, 5) is 3.89. The molecular weight excluding hydrogens is 214 g/mol. The standard InChI is InChI=1S/C9H11N3O2S/c1-8-2-4-11-6-9(8)7-12-15(13,14)5-3-10/h2,4,6,12H,5,7H2,1H3. The molecule has 0 aliphatic carbocycles. The number of hydrogen-bond acceptors (Lipinski definition) is 4. The largest absolute Gasteiger partial charge is 0.264 e. The van der Waals surface area contributed by atoms with Gasteiger partial charge < -0.3 is 0 Å². The van der Waals surface area contributed by atoms with E-state index in [0.29, 0.717) is 0 Å². The molecule has 0 unspecified atom stereocenters. The van der Waals surface area contributed by atoms with Crippen LogP contribution >= 0.6 is 0 Å². The van der Waals surface area contributed by atoms with E-state index in [1.807, 2.05) is 6.92 Å². The molecule has 0 amide bonds. The van der Waals surface area contributed by atoms with Crippen molar-refractivity contribution < 1.29 is 8.42 Å². The number of pyridine rings is 1. The fraction of sp³-hybridized carbons (Fsp3) is 0.333. The van der Waals surface area contributed by atoms with Crippen molar-refractivity contribution in [3.63, 3.8) is 0 Å². The van der Waals surface area contributed by atoms with Crippen molar-refractivity contribution >= 4 is 10.0 Å². The van der Waals surface area contributed by atoms with Gasteiger partial charge in [-0.1, -0.05) is 0 Å². The van der Waals surface area contributed by atoms with Crippen molar-refractivity contribution in [1.29, 1.82) is 5.26 Å². The first-order chi connectivity index (χ1) is 7.05. The Balaban J connectivity index is 2.67. The van der Waals surface area contributed by atoms with E-state index in [-0.39, 0.29) is 6.54 Å². The van der Waals surface area contributed by atoms with Crippen LogP contribution in [0.4, 0.5) is 0 Å².